The molecule has 2 heteroatoms. The first kappa shape index (κ1) is 14.3. The van der Waals surface area contributed by atoms with Crippen molar-refractivity contribution in [2.45, 2.75) is 19.5 Å². The summed E-state index contributed by atoms with van der Waals surface area (Å²) < 4.78 is 1.12. The highest BCUT2D eigenvalue weighted by atomic mass is 79.9. The number of halogens is 1. The third-order valence-electron chi connectivity index (χ3n) is 3.85. The SMILES string of the molecule is C[C@H](NCc1cccc2ccccc12)c1ccc(Br)cc1. The Morgan fingerprint density at radius 2 is 1.62 bits per heavy atom. The quantitative estimate of drug-likeness (QED) is 0.666. The normalized spacial score (nSPS) is 12.5. The van der Waals surface area contributed by atoms with Crippen molar-refractivity contribution >= 4 is 26.7 Å². The van der Waals surface area contributed by atoms with Crippen molar-refractivity contribution in [3.63, 3.8) is 0 Å². The van der Waals surface area contributed by atoms with Gasteiger partial charge in [-0.2, -0.15) is 0 Å². The molecule has 0 saturated carbocycles. The molecule has 3 aromatic rings. The molecule has 21 heavy (non-hydrogen) atoms. The van der Waals surface area contributed by atoms with Gasteiger partial charge in [0.25, 0.3) is 0 Å². The Hall–Kier alpha value is -1.64. The summed E-state index contributed by atoms with van der Waals surface area (Å²) in [6.07, 6.45) is 0. The molecule has 1 nitrogen and oxygen atoms in total. The zero-order valence-corrected chi connectivity index (χ0v) is 13.6. The lowest BCUT2D eigenvalue weighted by molar-refractivity contribution is 0.576. The minimum absolute atomic E-state index is 0.331. The van der Waals surface area contributed by atoms with Crippen molar-refractivity contribution in [3.8, 4) is 0 Å². The maximum atomic E-state index is 3.61. The summed E-state index contributed by atoms with van der Waals surface area (Å²) in [5.41, 5.74) is 2.65. The highest BCUT2D eigenvalue weighted by Crippen LogP contribution is 2.20. The van der Waals surface area contributed by atoms with Gasteiger partial charge in [-0.1, -0.05) is 70.5 Å². The molecular weight excluding hydrogens is 322 g/mol. The van der Waals surface area contributed by atoms with Crippen molar-refractivity contribution < 1.29 is 0 Å². The zero-order chi connectivity index (χ0) is 14.7. The Bertz CT molecular complexity index is 729. The molecule has 0 fully saturated rings. The van der Waals surface area contributed by atoms with E-state index in [-0.39, 0.29) is 0 Å². The number of hydrogen-bond acceptors (Lipinski definition) is 1. The van der Waals surface area contributed by atoms with E-state index in [1.165, 1.54) is 21.9 Å². The molecule has 3 aromatic carbocycles. The van der Waals surface area contributed by atoms with E-state index in [4.69, 9.17) is 0 Å². The molecule has 0 aliphatic heterocycles. The van der Waals surface area contributed by atoms with Gasteiger partial charge in [0, 0.05) is 17.1 Å². The summed E-state index contributed by atoms with van der Waals surface area (Å²) >= 11 is 3.48. The molecule has 1 N–H and O–H groups in total. The topological polar surface area (TPSA) is 12.0 Å². The monoisotopic (exact) mass is 339 g/mol. The highest BCUT2D eigenvalue weighted by molar-refractivity contribution is 9.10. The van der Waals surface area contributed by atoms with Crippen molar-refractivity contribution in [2.24, 2.45) is 0 Å². The largest absolute Gasteiger partial charge is 0.306 e. The summed E-state index contributed by atoms with van der Waals surface area (Å²) in [6, 6.07) is 23.9. The van der Waals surface area contributed by atoms with Crippen LogP contribution in [0.1, 0.15) is 24.1 Å². The molecule has 0 unspecified atom stereocenters. The van der Waals surface area contributed by atoms with Crippen LogP contribution in [-0.4, -0.2) is 0 Å². The fraction of sp³-hybridized carbons (Fsp3) is 0.158. The van der Waals surface area contributed by atoms with Crippen LogP contribution in [0.5, 0.6) is 0 Å². The molecular formula is C19H18BrN. The lowest BCUT2D eigenvalue weighted by Gasteiger charge is -2.15. The second-order valence-electron chi connectivity index (χ2n) is 5.29. The maximum Gasteiger partial charge on any atom is 0.0294 e. The second kappa shape index (κ2) is 6.42. The van der Waals surface area contributed by atoms with Crippen LogP contribution in [-0.2, 0) is 6.54 Å². The van der Waals surface area contributed by atoms with E-state index in [1.54, 1.807) is 0 Å². The third-order valence-corrected chi connectivity index (χ3v) is 4.38. The number of hydrogen-bond donors (Lipinski definition) is 1. The molecule has 0 amide bonds. The molecule has 3 rings (SSSR count). The van der Waals surface area contributed by atoms with Crippen molar-refractivity contribution in [2.75, 3.05) is 0 Å². The molecule has 0 bridgehead atoms. The second-order valence-corrected chi connectivity index (χ2v) is 6.21. The van der Waals surface area contributed by atoms with Crippen LogP contribution in [0, 0.1) is 0 Å². The van der Waals surface area contributed by atoms with Gasteiger partial charge in [-0.05, 0) is 41.0 Å². The van der Waals surface area contributed by atoms with Crippen molar-refractivity contribution in [1.82, 2.24) is 5.32 Å². The van der Waals surface area contributed by atoms with Gasteiger partial charge in [-0.25, -0.2) is 0 Å². The molecule has 0 aromatic heterocycles. The van der Waals surface area contributed by atoms with Crippen LogP contribution in [0.25, 0.3) is 10.8 Å². The van der Waals surface area contributed by atoms with E-state index in [9.17, 15) is 0 Å². The van der Waals surface area contributed by atoms with Gasteiger partial charge >= 0.3 is 0 Å². The summed E-state index contributed by atoms with van der Waals surface area (Å²) in [6.45, 7) is 3.08. The number of rotatable bonds is 4. The highest BCUT2D eigenvalue weighted by Gasteiger charge is 2.06. The van der Waals surface area contributed by atoms with Crippen molar-refractivity contribution in [3.05, 3.63) is 82.3 Å². The van der Waals surface area contributed by atoms with Gasteiger partial charge < -0.3 is 5.32 Å². The van der Waals surface area contributed by atoms with E-state index in [0.29, 0.717) is 6.04 Å². The first-order valence-corrected chi connectivity index (χ1v) is 7.99. The van der Waals surface area contributed by atoms with Crippen LogP contribution < -0.4 is 5.32 Å². The fourth-order valence-corrected chi connectivity index (χ4v) is 2.84. The Labute approximate surface area is 134 Å². The summed E-state index contributed by atoms with van der Waals surface area (Å²) in [5.74, 6) is 0. The number of fused-ring (bicyclic) bond motifs is 1. The molecule has 0 aliphatic rings. The first-order chi connectivity index (χ1) is 10.2. The van der Waals surface area contributed by atoms with Gasteiger partial charge in [0.1, 0.15) is 0 Å². The minimum atomic E-state index is 0.331. The van der Waals surface area contributed by atoms with E-state index < -0.39 is 0 Å². The van der Waals surface area contributed by atoms with Crippen LogP contribution in [0.4, 0.5) is 0 Å². The summed E-state index contributed by atoms with van der Waals surface area (Å²) in [5, 5.41) is 6.24. The predicted octanol–water partition coefficient (Wildman–Crippen LogP) is 5.45. The molecule has 1 atom stereocenters. The standard InChI is InChI=1S/C19H18BrN/c1-14(15-9-11-18(20)12-10-15)21-13-17-7-4-6-16-5-2-3-8-19(16)17/h2-12,14,21H,13H2,1H3/t14-/m0/s1. The molecule has 0 saturated heterocycles. The van der Waals surface area contributed by atoms with Gasteiger partial charge in [-0.15, -0.1) is 0 Å². The first-order valence-electron chi connectivity index (χ1n) is 7.19. The summed E-state index contributed by atoms with van der Waals surface area (Å²) in [7, 11) is 0. The molecule has 0 spiro atoms. The van der Waals surface area contributed by atoms with Crippen LogP contribution in [0.2, 0.25) is 0 Å². The molecule has 0 heterocycles. The van der Waals surface area contributed by atoms with E-state index in [2.05, 4.69) is 94.9 Å². The number of benzene rings is 3. The average Bonchev–Trinajstić information content (AvgIpc) is 2.53. The lowest BCUT2D eigenvalue weighted by Crippen LogP contribution is -2.18. The Morgan fingerprint density at radius 1 is 0.905 bits per heavy atom. The third kappa shape index (κ3) is 3.34. The predicted molar refractivity (Wildman–Crippen MR) is 93.3 cm³/mol. The van der Waals surface area contributed by atoms with Crippen molar-refractivity contribution in [1.29, 1.82) is 0 Å². The van der Waals surface area contributed by atoms with Gasteiger partial charge in [0.2, 0.25) is 0 Å². The van der Waals surface area contributed by atoms with E-state index in [1.807, 2.05) is 0 Å². The van der Waals surface area contributed by atoms with Gasteiger partial charge in [0.05, 0.1) is 0 Å². The molecule has 0 aliphatic carbocycles. The molecule has 106 valence electrons. The van der Waals surface area contributed by atoms with Gasteiger partial charge in [-0.3, -0.25) is 0 Å². The Balaban J connectivity index is 1.76. The van der Waals surface area contributed by atoms with Crippen LogP contribution in [0.15, 0.2) is 71.2 Å². The smallest absolute Gasteiger partial charge is 0.0294 e. The Morgan fingerprint density at radius 3 is 2.43 bits per heavy atom. The lowest BCUT2D eigenvalue weighted by atomic mass is 10.0. The molecule has 0 radical (unpaired) electrons. The van der Waals surface area contributed by atoms with E-state index >= 15 is 0 Å². The van der Waals surface area contributed by atoms with Crippen LogP contribution in [0.3, 0.4) is 0 Å². The minimum Gasteiger partial charge on any atom is -0.306 e. The summed E-state index contributed by atoms with van der Waals surface area (Å²) in [4.78, 5) is 0. The zero-order valence-electron chi connectivity index (χ0n) is 12.0. The van der Waals surface area contributed by atoms with E-state index in [0.717, 1.165) is 11.0 Å². The average molecular weight is 340 g/mol. The van der Waals surface area contributed by atoms with Gasteiger partial charge in [0.15, 0.2) is 0 Å². The van der Waals surface area contributed by atoms with Crippen LogP contribution >= 0.6 is 15.9 Å². The maximum absolute atomic E-state index is 3.61. The fourth-order valence-electron chi connectivity index (χ4n) is 2.58. The Kier molecular flexibility index (Phi) is 4.37. The number of nitrogens with one attached hydrogen (secondary N) is 1.